The molecule has 1 saturated heterocycles. The van der Waals surface area contributed by atoms with Crippen LogP contribution >= 0.6 is 0 Å². The van der Waals surface area contributed by atoms with Crippen molar-refractivity contribution in [2.75, 3.05) is 55.0 Å². The summed E-state index contributed by atoms with van der Waals surface area (Å²) < 4.78 is 5.42. The number of aliphatic hydroxyl groups excluding tert-OH is 1. The van der Waals surface area contributed by atoms with Gasteiger partial charge in [0.05, 0.1) is 25.5 Å². The Hall–Kier alpha value is -3.23. The summed E-state index contributed by atoms with van der Waals surface area (Å²) >= 11 is 0. The molecular weight excluding hydrogens is 368 g/mol. The van der Waals surface area contributed by atoms with Gasteiger partial charge in [0, 0.05) is 55.0 Å². The van der Waals surface area contributed by atoms with Gasteiger partial charge >= 0.3 is 0 Å². The van der Waals surface area contributed by atoms with Crippen molar-refractivity contribution in [1.82, 2.24) is 15.0 Å². The van der Waals surface area contributed by atoms with Gasteiger partial charge in [0.25, 0.3) is 0 Å². The average molecular weight is 392 g/mol. The zero-order chi connectivity index (χ0) is 19.9. The van der Waals surface area contributed by atoms with Crippen molar-refractivity contribution in [3.05, 3.63) is 54.9 Å². The molecule has 3 heterocycles. The summed E-state index contributed by atoms with van der Waals surface area (Å²) in [6, 6.07) is 14.0. The number of nitrogens with zero attached hydrogens (tertiary/aromatic N) is 4. The van der Waals surface area contributed by atoms with Gasteiger partial charge in [-0.2, -0.15) is 4.98 Å². The Bertz CT molecular complexity index is 914. The fourth-order valence-electron chi connectivity index (χ4n) is 3.15. The van der Waals surface area contributed by atoms with Gasteiger partial charge in [0.15, 0.2) is 0 Å². The van der Waals surface area contributed by atoms with E-state index in [0.717, 1.165) is 43.2 Å². The number of ether oxygens (including phenoxy) is 1. The summed E-state index contributed by atoms with van der Waals surface area (Å²) in [5.41, 5.74) is 3.84. The maximum absolute atomic E-state index is 9.10. The number of nitrogens with one attached hydrogen (secondary N) is 2. The molecule has 1 aliphatic heterocycles. The molecule has 1 fully saturated rings. The average Bonchev–Trinajstić information content (AvgIpc) is 2.79. The van der Waals surface area contributed by atoms with E-state index >= 15 is 0 Å². The molecule has 4 rings (SSSR count). The van der Waals surface area contributed by atoms with Crippen LogP contribution < -0.4 is 15.5 Å². The first kappa shape index (κ1) is 19.1. The highest BCUT2D eigenvalue weighted by Crippen LogP contribution is 2.25. The Kier molecular flexibility index (Phi) is 6.13. The molecule has 0 unspecified atom stereocenters. The molecule has 2 aromatic heterocycles. The highest BCUT2D eigenvalue weighted by atomic mass is 16.5. The molecular formula is C21H24N6O2. The molecule has 3 aromatic rings. The number of hydrogen-bond donors (Lipinski definition) is 3. The number of benzene rings is 1. The predicted octanol–water partition coefficient (Wildman–Crippen LogP) is 2.52. The molecule has 0 amide bonds. The number of morpholine rings is 1. The third-order valence-electron chi connectivity index (χ3n) is 4.61. The standard InChI is InChI=1S/C21H24N6O2/c28-12-9-23-21-25-19(16-5-7-22-8-6-16)15-20(26-21)24-17-1-3-18(4-2-17)27-10-13-29-14-11-27/h1-8,15,28H,9-14H2,(H2,23,24,25,26). The van der Waals surface area contributed by atoms with E-state index < -0.39 is 0 Å². The number of hydrogen-bond acceptors (Lipinski definition) is 8. The van der Waals surface area contributed by atoms with Gasteiger partial charge in [-0.3, -0.25) is 4.98 Å². The number of pyridine rings is 1. The topological polar surface area (TPSA) is 95.4 Å². The predicted molar refractivity (Wildman–Crippen MR) is 114 cm³/mol. The molecule has 0 radical (unpaired) electrons. The smallest absolute Gasteiger partial charge is 0.225 e. The summed E-state index contributed by atoms with van der Waals surface area (Å²) in [6.07, 6.45) is 3.46. The summed E-state index contributed by atoms with van der Waals surface area (Å²) in [5.74, 6) is 1.13. The van der Waals surface area contributed by atoms with Crippen molar-refractivity contribution < 1.29 is 9.84 Å². The normalized spacial score (nSPS) is 13.9. The zero-order valence-electron chi connectivity index (χ0n) is 16.1. The van der Waals surface area contributed by atoms with Gasteiger partial charge < -0.3 is 25.4 Å². The fourth-order valence-corrected chi connectivity index (χ4v) is 3.15. The molecule has 8 nitrogen and oxygen atoms in total. The Labute approximate surface area is 169 Å². The van der Waals surface area contributed by atoms with Crippen LogP contribution in [0.2, 0.25) is 0 Å². The van der Waals surface area contributed by atoms with Gasteiger partial charge in [-0.15, -0.1) is 0 Å². The van der Waals surface area contributed by atoms with Crippen molar-refractivity contribution in [3.8, 4) is 11.3 Å². The van der Waals surface area contributed by atoms with Crippen LogP contribution in [0.1, 0.15) is 0 Å². The largest absolute Gasteiger partial charge is 0.395 e. The molecule has 0 bridgehead atoms. The van der Waals surface area contributed by atoms with E-state index in [1.165, 1.54) is 5.69 Å². The van der Waals surface area contributed by atoms with E-state index in [1.54, 1.807) is 12.4 Å². The van der Waals surface area contributed by atoms with Gasteiger partial charge in [-0.05, 0) is 36.4 Å². The van der Waals surface area contributed by atoms with Gasteiger partial charge in [-0.1, -0.05) is 0 Å². The van der Waals surface area contributed by atoms with Crippen LogP contribution in [-0.2, 0) is 4.74 Å². The molecule has 0 spiro atoms. The van der Waals surface area contributed by atoms with Crippen LogP contribution in [0.15, 0.2) is 54.9 Å². The van der Waals surface area contributed by atoms with E-state index in [4.69, 9.17) is 9.84 Å². The van der Waals surface area contributed by atoms with Crippen LogP contribution in [0.25, 0.3) is 11.3 Å². The first-order valence-corrected chi connectivity index (χ1v) is 9.66. The lowest BCUT2D eigenvalue weighted by atomic mass is 10.2. The van der Waals surface area contributed by atoms with Crippen molar-refractivity contribution in [3.63, 3.8) is 0 Å². The second-order valence-corrected chi connectivity index (χ2v) is 6.62. The minimum absolute atomic E-state index is 0.00854. The lowest BCUT2D eigenvalue weighted by molar-refractivity contribution is 0.122. The Balaban J connectivity index is 1.55. The monoisotopic (exact) mass is 392 g/mol. The van der Waals surface area contributed by atoms with Crippen LogP contribution in [0.4, 0.5) is 23.1 Å². The Morgan fingerprint density at radius 2 is 1.76 bits per heavy atom. The van der Waals surface area contributed by atoms with E-state index in [2.05, 4.69) is 42.6 Å². The third kappa shape index (κ3) is 4.98. The number of anilines is 4. The second-order valence-electron chi connectivity index (χ2n) is 6.62. The molecule has 29 heavy (non-hydrogen) atoms. The molecule has 0 aliphatic carbocycles. The quantitative estimate of drug-likeness (QED) is 0.565. The van der Waals surface area contributed by atoms with E-state index in [9.17, 15) is 0 Å². The maximum atomic E-state index is 9.10. The van der Waals surface area contributed by atoms with Crippen molar-refractivity contribution >= 4 is 23.1 Å². The summed E-state index contributed by atoms with van der Waals surface area (Å²) in [5, 5.41) is 15.5. The lowest BCUT2D eigenvalue weighted by Crippen LogP contribution is -2.36. The minimum Gasteiger partial charge on any atom is -0.395 e. The number of rotatable bonds is 7. The van der Waals surface area contributed by atoms with Crippen molar-refractivity contribution in [2.24, 2.45) is 0 Å². The number of aliphatic hydroxyl groups is 1. The van der Waals surface area contributed by atoms with Crippen LogP contribution in [0.5, 0.6) is 0 Å². The van der Waals surface area contributed by atoms with Crippen molar-refractivity contribution in [1.29, 1.82) is 0 Å². The van der Waals surface area contributed by atoms with E-state index in [-0.39, 0.29) is 6.61 Å². The van der Waals surface area contributed by atoms with Crippen LogP contribution in [0, 0.1) is 0 Å². The van der Waals surface area contributed by atoms with E-state index in [1.807, 2.05) is 30.3 Å². The molecule has 8 heteroatoms. The number of aromatic nitrogens is 3. The fraction of sp³-hybridized carbons (Fsp3) is 0.286. The molecule has 150 valence electrons. The molecule has 1 aliphatic rings. The van der Waals surface area contributed by atoms with Crippen LogP contribution in [0.3, 0.4) is 0 Å². The summed E-state index contributed by atoms with van der Waals surface area (Å²) in [7, 11) is 0. The summed E-state index contributed by atoms with van der Waals surface area (Å²) in [6.45, 7) is 3.74. The first-order valence-electron chi connectivity index (χ1n) is 9.66. The SMILES string of the molecule is OCCNc1nc(Nc2ccc(N3CCOCC3)cc2)cc(-c2ccncc2)n1. The lowest BCUT2D eigenvalue weighted by Gasteiger charge is -2.28. The Morgan fingerprint density at radius 3 is 2.48 bits per heavy atom. The second kappa shape index (κ2) is 9.31. The third-order valence-corrected chi connectivity index (χ3v) is 4.61. The van der Waals surface area contributed by atoms with Crippen LogP contribution in [-0.4, -0.2) is 59.5 Å². The molecule has 3 N–H and O–H groups in total. The summed E-state index contributed by atoms with van der Waals surface area (Å²) in [4.78, 5) is 15.4. The highest BCUT2D eigenvalue weighted by Gasteiger charge is 2.11. The molecule has 1 aromatic carbocycles. The van der Waals surface area contributed by atoms with Gasteiger partial charge in [0.1, 0.15) is 5.82 Å². The first-order chi connectivity index (χ1) is 14.3. The highest BCUT2D eigenvalue weighted by molar-refractivity contribution is 5.68. The minimum atomic E-state index is 0.00854. The maximum Gasteiger partial charge on any atom is 0.225 e. The van der Waals surface area contributed by atoms with Crippen molar-refractivity contribution in [2.45, 2.75) is 0 Å². The van der Waals surface area contributed by atoms with E-state index in [0.29, 0.717) is 18.3 Å². The van der Waals surface area contributed by atoms with Gasteiger partial charge in [0.2, 0.25) is 5.95 Å². The molecule has 0 atom stereocenters. The zero-order valence-corrected chi connectivity index (χ0v) is 16.1. The Morgan fingerprint density at radius 1 is 1.00 bits per heavy atom. The van der Waals surface area contributed by atoms with Gasteiger partial charge in [-0.25, -0.2) is 4.98 Å². The molecule has 0 saturated carbocycles.